The predicted octanol–water partition coefficient (Wildman–Crippen LogP) is 17.2. The van der Waals surface area contributed by atoms with E-state index in [4.69, 9.17) is 16.0 Å². The van der Waals surface area contributed by atoms with Crippen molar-refractivity contribution in [2.24, 2.45) is 0 Å². The molecule has 1 aliphatic carbocycles. The van der Waals surface area contributed by atoms with Gasteiger partial charge in [0, 0.05) is 63.1 Å². The third kappa shape index (κ3) is 5.36. The summed E-state index contributed by atoms with van der Waals surface area (Å²) in [5, 5.41) is 5.43. The first-order valence-corrected chi connectivity index (χ1v) is 22.5. The highest BCUT2D eigenvalue weighted by atomic mass is 35.5. The monoisotopic (exact) mass is 837 g/mol. The maximum Gasteiger partial charge on any atom is 0.138 e. The number of allylic oxidation sites excluding steroid dienone is 4. The van der Waals surface area contributed by atoms with E-state index in [2.05, 4.69) is 182 Å². The average Bonchev–Trinajstić information content (AvgIpc) is 3.96. The van der Waals surface area contributed by atoms with Crippen LogP contribution in [0.25, 0.3) is 64.4 Å². The van der Waals surface area contributed by atoms with Crippen LogP contribution in [0.2, 0.25) is 5.02 Å². The number of fused-ring (bicyclic) bond motifs is 13. The zero-order chi connectivity index (χ0) is 40.8. The first-order chi connectivity index (χ1) is 30.0. The number of benzene rings is 8. The highest BCUT2D eigenvalue weighted by molar-refractivity contribution is 8.03. The van der Waals surface area contributed by atoms with Gasteiger partial charge in [0.15, 0.2) is 0 Å². The second kappa shape index (κ2) is 14.0. The van der Waals surface area contributed by atoms with E-state index in [1.54, 1.807) is 0 Å². The lowest BCUT2D eigenvalue weighted by Gasteiger charge is -2.40. The summed E-state index contributed by atoms with van der Waals surface area (Å²) < 4.78 is 9.32. The number of hydrogen-bond donors (Lipinski definition) is 0. The Hall–Kier alpha value is -6.56. The third-order valence-electron chi connectivity index (χ3n) is 12.6. The highest BCUT2D eigenvalue weighted by Crippen LogP contribution is 2.64. The van der Waals surface area contributed by atoms with Gasteiger partial charge in [-0.05, 0) is 113 Å². The van der Waals surface area contributed by atoms with Crippen molar-refractivity contribution in [2.45, 2.75) is 17.2 Å². The largest absolute Gasteiger partial charge is 0.456 e. The van der Waals surface area contributed by atoms with E-state index in [1.807, 2.05) is 47.4 Å². The number of halogens is 1. The number of hydrogen-bond acceptors (Lipinski definition) is 4. The van der Waals surface area contributed by atoms with Crippen molar-refractivity contribution < 1.29 is 4.42 Å². The topological polar surface area (TPSA) is 16.4 Å². The molecule has 61 heavy (non-hydrogen) atoms. The van der Waals surface area contributed by atoms with E-state index < -0.39 is 5.41 Å². The van der Waals surface area contributed by atoms with Crippen LogP contribution in [0.15, 0.2) is 214 Å². The number of nitrogens with zero attached hydrogens (tertiary/aromatic N) is 1. The van der Waals surface area contributed by atoms with Crippen LogP contribution >= 0.6 is 34.7 Å². The maximum atomic E-state index is 7.05. The average molecular weight is 838 g/mol. The fraction of sp³-hybridized carbons (Fsp3) is 0.0357. The smallest absolute Gasteiger partial charge is 0.138 e. The maximum absolute atomic E-state index is 7.05. The molecule has 0 N–H and O–H groups in total. The molecule has 0 bridgehead atoms. The van der Waals surface area contributed by atoms with Crippen LogP contribution in [-0.4, -0.2) is 0 Å². The van der Waals surface area contributed by atoms with Gasteiger partial charge < -0.3 is 9.32 Å². The van der Waals surface area contributed by atoms with Crippen LogP contribution in [-0.2, 0) is 5.41 Å². The van der Waals surface area contributed by atoms with Gasteiger partial charge in [-0.1, -0.05) is 145 Å². The molecule has 2 nitrogen and oxygen atoms in total. The van der Waals surface area contributed by atoms with Gasteiger partial charge in [0.25, 0.3) is 0 Å². The summed E-state index contributed by atoms with van der Waals surface area (Å²) in [6, 6.07) is 61.6. The van der Waals surface area contributed by atoms with Gasteiger partial charge in [-0.15, -0.1) is 11.3 Å². The number of furan rings is 1. The van der Waals surface area contributed by atoms with Gasteiger partial charge in [0.1, 0.15) is 11.2 Å². The van der Waals surface area contributed by atoms with Gasteiger partial charge in [-0.25, -0.2) is 0 Å². The van der Waals surface area contributed by atoms with E-state index >= 15 is 0 Å². The number of rotatable bonds is 6. The molecule has 12 rings (SSSR count). The molecule has 0 saturated carbocycles. The highest BCUT2D eigenvalue weighted by Gasteiger charge is 2.51. The normalized spacial score (nSPS) is 15.6. The van der Waals surface area contributed by atoms with E-state index in [9.17, 15) is 0 Å². The number of thiophene rings is 1. The number of thioether (sulfide) groups is 1. The quantitative estimate of drug-likeness (QED) is 0.155. The Kier molecular flexibility index (Phi) is 8.33. The summed E-state index contributed by atoms with van der Waals surface area (Å²) in [4.78, 5) is 4.90. The van der Waals surface area contributed by atoms with Crippen molar-refractivity contribution in [1.82, 2.24) is 0 Å². The molecule has 1 aliphatic heterocycles. The standard InChI is InChI=1S/C56H36ClNOS2/c1-3-4-23-50-34(2)56(44-19-10-13-25-53(44)60-50)45-20-14-21-47(55(45)40-28-26-36(57)30-46(40)56)58(37-27-29-52-43(31-37)39-17-9-12-24-51(39)61-52)38-32-42(35-15-6-5-7-16-35)54-41-18-8-11-22-48(41)59-49(54)33-38/h3-33H,1H2,2H3/b23-4-. The van der Waals surface area contributed by atoms with Gasteiger partial charge in [0.2, 0.25) is 0 Å². The molecule has 1 atom stereocenters. The molecule has 0 amide bonds. The van der Waals surface area contributed by atoms with Crippen LogP contribution in [0, 0.1) is 0 Å². The van der Waals surface area contributed by atoms with Crippen LogP contribution in [0.3, 0.4) is 0 Å². The Balaban J connectivity index is 1.21. The number of para-hydroxylation sites is 1. The summed E-state index contributed by atoms with van der Waals surface area (Å²) in [5.41, 5.74) is 13.8. The molecule has 2 aliphatic rings. The molecule has 0 radical (unpaired) electrons. The summed E-state index contributed by atoms with van der Waals surface area (Å²) in [6.07, 6.45) is 6.10. The first kappa shape index (κ1) is 36.3. The minimum Gasteiger partial charge on any atom is -0.456 e. The Morgan fingerprint density at radius 1 is 0.623 bits per heavy atom. The van der Waals surface area contributed by atoms with Crippen LogP contribution < -0.4 is 4.90 Å². The van der Waals surface area contributed by atoms with Gasteiger partial charge >= 0.3 is 0 Å². The summed E-state index contributed by atoms with van der Waals surface area (Å²) in [6.45, 7) is 6.32. The fourth-order valence-electron chi connectivity index (χ4n) is 10.1. The molecule has 1 unspecified atom stereocenters. The zero-order valence-corrected chi connectivity index (χ0v) is 35.5. The Bertz CT molecular complexity index is 3520. The van der Waals surface area contributed by atoms with Crippen molar-refractivity contribution in [1.29, 1.82) is 0 Å². The lowest BCUT2D eigenvalue weighted by atomic mass is 9.67. The number of anilines is 3. The lowest BCUT2D eigenvalue weighted by Crippen LogP contribution is -2.32. The summed E-state index contributed by atoms with van der Waals surface area (Å²) >= 11 is 10.7. The van der Waals surface area contributed by atoms with Crippen molar-refractivity contribution >= 4 is 93.9 Å². The van der Waals surface area contributed by atoms with Crippen molar-refractivity contribution in [3.05, 3.63) is 227 Å². The van der Waals surface area contributed by atoms with Crippen LogP contribution in [0.4, 0.5) is 17.1 Å². The van der Waals surface area contributed by atoms with Crippen LogP contribution in [0.1, 0.15) is 23.6 Å². The second-order valence-corrected chi connectivity index (χ2v) is 18.4. The molecule has 10 aromatic rings. The second-order valence-electron chi connectivity index (χ2n) is 15.8. The zero-order valence-electron chi connectivity index (χ0n) is 33.2. The predicted molar refractivity (Wildman–Crippen MR) is 261 cm³/mol. The minimum atomic E-state index is -0.592. The molecule has 5 heteroatoms. The molecular weight excluding hydrogens is 802 g/mol. The summed E-state index contributed by atoms with van der Waals surface area (Å²) in [5.74, 6) is 0. The SMILES string of the molecule is C=C/C=C\C1=C(C)C2(c3ccccc3S1)c1cc(Cl)ccc1-c1c(N(c3cc(-c4ccccc4)c4c(c3)oc3ccccc34)c3ccc4sc5ccccc5c4c3)cccc12. The first-order valence-electron chi connectivity index (χ1n) is 20.5. The molecule has 290 valence electrons. The van der Waals surface area contributed by atoms with Crippen molar-refractivity contribution in [3.63, 3.8) is 0 Å². The fourth-order valence-corrected chi connectivity index (χ4v) is 12.5. The van der Waals surface area contributed by atoms with E-state index in [0.29, 0.717) is 5.02 Å². The molecular formula is C56H36ClNOS2. The lowest BCUT2D eigenvalue weighted by molar-refractivity contribution is 0.669. The van der Waals surface area contributed by atoms with E-state index in [0.717, 1.165) is 50.1 Å². The Morgan fingerprint density at radius 2 is 1.39 bits per heavy atom. The van der Waals surface area contributed by atoms with E-state index in [-0.39, 0.29) is 0 Å². The van der Waals surface area contributed by atoms with Gasteiger partial charge in [-0.3, -0.25) is 0 Å². The van der Waals surface area contributed by atoms with Crippen molar-refractivity contribution in [2.75, 3.05) is 4.90 Å². The van der Waals surface area contributed by atoms with E-state index in [1.165, 1.54) is 63.4 Å². The molecule has 2 aromatic heterocycles. The van der Waals surface area contributed by atoms with Gasteiger partial charge in [0.05, 0.1) is 16.8 Å². The third-order valence-corrected chi connectivity index (χ3v) is 15.2. The minimum absolute atomic E-state index is 0.592. The summed E-state index contributed by atoms with van der Waals surface area (Å²) in [7, 11) is 0. The molecule has 8 aromatic carbocycles. The molecule has 0 saturated heterocycles. The van der Waals surface area contributed by atoms with Crippen molar-refractivity contribution in [3.8, 4) is 22.3 Å². The van der Waals surface area contributed by atoms with Crippen LogP contribution in [0.5, 0.6) is 0 Å². The molecule has 0 fully saturated rings. The molecule has 1 spiro atoms. The molecule has 3 heterocycles. The Morgan fingerprint density at radius 3 is 2.28 bits per heavy atom. The Labute approximate surface area is 367 Å². The van der Waals surface area contributed by atoms with Gasteiger partial charge in [-0.2, -0.15) is 0 Å².